The maximum Gasteiger partial charge on any atom is 0.271 e. The number of anilines is 1. The predicted molar refractivity (Wildman–Crippen MR) is 91.5 cm³/mol. The first-order valence-corrected chi connectivity index (χ1v) is 7.05. The number of fused-ring (bicyclic) bond motifs is 1. The van der Waals surface area contributed by atoms with E-state index in [0.29, 0.717) is 16.8 Å². The van der Waals surface area contributed by atoms with Gasteiger partial charge < -0.3 is 10.8 Å². The highest BCUT2D eigenvalue weighted by atomic mass is 16.3. The Hall–Kier alpha value is -3.34. The molecule has 5 nitrogen and oxygen atoms in total. The van der Waals surface area contributed by atoms with Crippen molar-refractivity contribution < 1.29 is 9.90 Å². The molecule has 0 aromatic heterocycles. The molecule has 0 radical (unpaired) electrons. The molecule has 0 aliphatic rings. The van der Waals surface area contributed by atoms with Gasteiger partial charge in [-0.1, -0.05) is 30.3 Å². The number of hydrazone groups is 1. The zero-order valence-corrected chi connectivity index (χ0v) is 12.2. The van der Waals surface area contributed by atoms with Crippen molar-refractivity contribution in [1.82, 2.24) is 5.43 Å². The van der Waals surface area contributed by atoms with E-state index in [-0.39, 0.29) is 11.7 Å². The molecule has 0 spiro atoms. The van der Waals surface area contributed by atoms with Crippen molar-refractivity contribution in [3.8, 4) is 5.75 Å². The summed E-state index contributed by atoms with van der Waals surface area (Å²) in [5.74, 6) is -0.241. The number of rotatable bonds is 3. The third-order valence-corrected chi connectivity index (χ3v) is 3.48. The van der Waals surface area contributed by atoms with Gasteiger partial charge in [-0.25, -0.2) is 5.43 Å². The summed E-state index contributed by atoms with van der Waals surface area (Å²) in [7, 11) is 0. The average molecular weight is 305 g/mol. The molecule has 0 aliphatic heterocycles. The first-order valence-electron chi connectivity index (χ1n) is 7.05. The van der Waals surface area contributed by atoms with Crippen LogP contribution in [0.4, 0.5) is 5.69 Å². The van der Waals surface area contributed by atoms with Gasteiger partial charge in [0.1, 0.15) is 5.75 Å². The summed E-state index contributed by atoms with van der Waals surface area (Å²) in [6.45, 7) is 0. The van der Waals surface area contributed by atoms with Crippen molar-refractivity contribution in [3.05, 3.63) is 71.8 Å². The quantitative estimate of drug-likeness (QED) is 0.395. The van der Waals surface area contributed by atoms with Crippen LogP contribution in [0.1, 0.15) is 15.9 Å². The van der Waals surface area contributed by atoms with E-state index in [9.17, 15) is 9.90 Å². The Balaban J connectivity index is 1.82. The van der Waals surface area contributed by atoms with Crippen molar-refractivity contribution in [3.63, 3.8) is 0 Å². The second-order valence-corrected chi connectivity index (χ2v) is 5.04. The molecule has 0 heterocycles. The molecule has 0 atom stereocenters. The maximum absolute atomic E-state index is 12.0. The van der Waals surface area contributed by atoms with Crippen LogP contribution in [0, 0.1) is 0 Å². The van der Waals surface area contributed by atoms with E-state index < -0.39 is 0 Å². The van der Waals surface area contributed by atoms with Gasteiger partial charge in [-0.3, -0.25) is 4.79 Å². The van der Waals surface area contributed by atoms with E-state index in [1.54, 1.807) is 30.3 Å². The van der Waals surface area contributed by atoms with Crippen LogP contribution in [-0.4, -0.2) is 17.2 Å². The van der Waals surface area contributed by atoms with E-state index in [2.05, 4.69) is 10.5 Å². The number of aromatic hydroxyl groups is 1. The molecule has 3 rings (SSSR count). The van der Waals surface area contributed by atoms with E-state index in [0.717, 1.165) is 10.8 Å². The minimum atomic E-state index is -0.346. The largest absolute Gasteiger partial charge is 0.507 e. The van der Waals surface area contributed by atoms with Gasteiger partial charge in [0.05, 0.1) is 6.21 Å². The number of phenols is 1. The second-order valence-electron chi connectivity index (χ2n) is 5.04. The van der Waals surface area contributed by atoms with Crippen LogP contribution in [0.3, 0.4) is 0 Å². The Bertz CT molecular complexity index is 886. The molecular weight excluding hydrogens is 290 g/mol. The number of hydrogen-bond donors (Lipinski definition) is 3. The Morgan fingerprint density at radius 3 is 2.57 bits per heavy atom. The van der Waals surface area contributed by atoms with Crippen molar-refractivity contribution >= 4 is 28.6 Å². The molecule has 3 aromatic carbocycles. The van der Waals surface area contributed by atoms with Gasteiger partial charge in [-0.15, -0.1) is 0 Å². The fourth-order valence-corrected chi connectivity index (χ4v) is 2.27. The fraction of sp³-hybridized carbons (Fsp3) is 0. The first kappa shape index (κ1) is 14.6. The van der Waals surface area contributed by atoms with Crippen molar-refractivity contribution in [2.75, 3.05) is 5.73 Å². The molecule has 23 heavy (non-hydrogen) atoms. The summed E-state index contributed by atoms with van der Waals surface area (Å²) in [5, 5.41) is 15.8. The molecule has 0 saturated carbocycles. The highest BCUT2D eigenvalue weighted by Crippen LogP contribution is 2.25. The molecule has 0 bridgehead atoms. The van der Waals surface area contributed by atoms with Crippen molar-refractivity contribution in [1.29, 1.82) is 0 Å². The third kappa shape index (κ3) is 3.13. The minimum absolute atomic E-state index is 0.106. The fourth-order valence-electron chi connectivity index (χ4n) is 2.27. The van der Waals surface area contributed by atoms with Crippen LogP contribution in [-0.2, 0) is 0 Å². The summed E-state index contributed by atoms with van der Waals surface area (Å²) < 4.78 is 0. The van der Waals surface area contributed by atoms with E-state index in [4.69, 9.17) is 5.73 Å². The van der Waals surface area contributed by atoms with Gasteiger partial charge in [-0.05, 0) is 41.1 Å². The van der Waals surface area contributed by atoms with Crippen LogP contribution in [0.5, 0.6) is 5.75 Å². The molecule has 0 unspecified atom stereocenters. The monoisotopic (exact) mass is 305 g/mol. The van der Waals surface area contributed by atoms with Gasteiger partial charge in [0, 0.05) is 16.8 Å². The maximum atomic E-state index is 12.0. The zero-order chi connectivity index (χ0) is 16.2. The van der Waals surface area contributed by atoms with Gasteiger partial charge in [-0.2, -0.15) is 5.10 Å². The number of benzene rings is 3. The van der Waals surface area contributed by atoms with Crippen molar-refractivity contribution in [2.45, 2.75) is 0 Å². The lowest BCUT2D eigenvalue weighted by Crippen LogP contribution is -2.17. The molecule has 3 aromatic rings. The van der Waals surface area contributed by atoms with Crippen LogP contribution in [0.2, 0.25) is 0 Å². The van der Waals surface area contributed by atoms with Gasteiger partial charge >= 0.3 is 0 Å². The summed E-state index contributed by atoms with van der Waals surface area (Å²) >= 11 is 0. The number of nitrogens with zero attached hydrogens (tertiary/aromatic N) is 1. The van der Waals surface area contributed by atoms with E-state index >= 15 is 0 Å². The molecule has 4 N–H and O–H groups in total. The van der Waals surface area contributed by atoms with Gasteiger partial charge in [0.25, 0.3) is 5.91 Å². The topological polar surface area (TPSA) is 87.7 Å². The average Bonchev–Trinajstić information content (AvgIpc) is 2.57. The molecule has 0 aliphatic carbocycles. The van der Waals surface area contributed by atoms with E-state index in [1.807, 2.05) is 30.3 Å². The highest BCUT2D eigenvalue weighted by molar-refractivity contribution is 6.03. The lowest BCUT2D eigenvalue weighted by molar-refractivity contribution is 0.0955. The number of carbonyl (C=O) groups is 1. The molecule has 1 amide bonds. The van der Waals surface area contributed by atoms with Gasteiger partial charge in [0.2, 0.25) is 0 Å². The second kappa shape index (κ2) is 6.19. The standard InChI is InChI=1S/C18H15N3O2/c19-14-8-5-13(6-9-14)18(23)21-20-11-16-15-4-2-1-3-12(15)7-10-17(16)22/h1-11,22H,19H2,(H,21,23). The van der Waals surface area contributed by atoms with Crippen LogP contribution in [0.25, 0.3) is 10.8 Å². The number of phenolic OH excluding ortho intramolecular Hbond substituents is 1. The normalized spacial score (nSPS) is 11.0. The number of nitrogens with one attached hydrogen (secondary N) is 1. The number of nitrogens with two attached hydrogens (primary N) is 1. The lowest BCUT2D eigenvalue weighted by Gasteiger charge is -2.05. The molecule has 0 fully saturated rings. The Kier molecular flexibility index (Phi) is 3.93. The molecular formula is C18H15N3O2. The van der Waals surface area contributed by atoms with Crippen LogP contribution in [0.15, 0.2) is 65.8 Å². The third-order valence-electron chi connectivity index (χ3n) is 3.48. The number of nitrogen functional groups attached to an aromatic ring is 1. The summed E-state index contributed by atoms with van der Waals surface area (Å²) in [6, 6.07) is 17.6. The molecule has 114 valence electrons. The summed E-state index contributed by atoms with van der Waals surface area (Å²) in [6.07, 6.45) is 1.44. The number of carbonyl (C=O) groups excluding carboxylic acids is 1. The molecule has 5 heteroatoms. The zero-order valence-electron chi connectivity index (χ0n) is 12.2. The first-order chi connectivity index (χ1) is 11.1. The minimum Gasteiger partial charge on any atom is -0.507 e. The van der Waals surface area contributed by atoms with Crippen LogP contribution < -0.4 is 11.2 Å². The highest BCUT2D eigenvalue weighted by Gasteiger charge is 2.06. The van der Waals surface area contributed by atoms with Gasteiger partial charge in [0.15, 0.2) is 0 Å². The lowest BCUT2D eigenvalue weighted by atomic mass is 10.0. The van der Waals surface area contributed by atoms with E-state index in [1.165, 1.54) is 6.21 Å². The SMILES string of the molecule is Nc1ccc(C(=O)NN=Cc2c(O)ccc3ccccc23)cc1. The molecule has 0 saturated heterocycles. The Morgan fingerprint density at radius 1 is 1.04 bits per heavy atom. The van der Waals surface area contributed by atoms with Crippen LogP contribution >= 0.6 is 0 Å². The summed E-state index contributed by atoms with van der Waals surface area (Å²) in [4.78, 5) is 12.0. The Labute approximate surface area is 133 Å². The number of amides is 1. The Morgan fingerprint density at radius 2 is 1.78 bits per heavy atom. The number of hydrogen-bond acceptors (Lipinski definition) is 4. The smallest absolute Gasteiger partial charge is 0.271 e. The summed E-state index contributed by atoms with van der Waals surface area (Å²) in [5.41, 5.74) is 9.62. The van der Waals surface area contributed by atoms with Crippen molar-refractivity contribution in [2.24, 2.45) is 5.10 Å². The predicted octanol–water partition coefficient (Wildman–Crippen LogP) is 2.89.